The highest BCUT2D eigenvalue weighted by Crippen LogP contribution is 1.99. The zero-order valence-corrected chi connectivity index (χ0v) is 8.71. The third kappa shape index (κ3) is 1.53. The molecule has 3 rings (SSSR count). The van der Waals surface area contributed by atoms with E-state index in [1.165, 1.54) is 26.4 Å². The molecule has 0 saturated carbocycles. The first-order valence-corrected chi connectivity index (χ1v) is 4.94. The third-order valence-corrected chi connectivity index (χ3v) is 2.21. The van der Waals surface area contributed by atoms with Crippen molar-refractivity contribution < 1.29 is 0 Å². The van der Waals surface area contributed by atoms with E-state index in [2.05, 4.69) is 15.2 Å². The largest absolute Gasteiger partial charge is 0.275 e. The third-order valence-electron chi connectivity index (χ3n) is 2.21. The van der Waals surface area contributed by atoms with Gasteiger partial charge in [-0.15, -0.1) is 0 Å². The Hall–Kier alpha value is -2.70. The van der Waals surface area contributed by atoms with Gasteiger partial charge in [-0.2, -0.15) is 19.7 Å². The van der Waals surface area contributed by atoms with E-state index >= 15 is 0 Å². The van der Waals surface area contributed by atoms with E-state index in [1.54, 1.807) is 36.9 Å². The number of hydrogen-bond donors (Lipinski definition) is 0. The van der Waals surface area contributed by atoms with Gasteiger partial charge in [-0.25, -0.2) is 9.67 Å². The van der Waals surface area contributed by atoms with Crippen LogP contribution >= 0.6 is 0 Å². The minimum absolute atomic E-state index is 0.228. The fourth-order valence-electron chi connectivity index (χ4n) is 1.51. The Labute approximate surface area is 95.5 Å². The summed E-state index contributed by atoms with van der Waals surface area (Å²) in [7, 11) is 0. The minimum Gasteiger partial charge on any atom is -0.267 e. The van der Waals surface area contributed by atoms with Gasteiger partial charge in [0, 0.05) is 30.9 Å². The molecule has 3 heterocycles. The molecule has 84 valence electrons. The SMILES string of the molecule is O=c1ccnc(-n2cccn2)n1-n1cccn1. The Morgan fingerprint density at radius 3 is 2.53 bits per heavy atom. The molecule has 3 aromatic rings. The molecule has 7 nitrogen and oxygen atoms in total. The van der Waals surface area contributed by atoms with E-state index in [1.807, 2.05) is 0 Å². The summed E-state index contributed by atoms with van der Waals surface area (Å²) in [5, 5.41) is 8.07. The first kappa shape index (κ1) is 9.52. The average molecular weight is 228 g/mol. The molecule has 0 aromatic carbocycles. The van der Waals surface area contributed by atoms with Crippen molar-refractivity contribution in [3.63, 3.8) is 0 Å². The number of hydrogen-bond acceptors (Lipinski definition) is 4. The lowest BCUT2D eigenvalue weighted by atomic mass is 10.6. The molecule has 0 atom stereocenters. The van der Waals surface area contributed by atoms with E-state index < -0.39 is 0 Å². The highest BCUT2D eigenvalue weighted by molar-refractivity contribution is 5.11. The molecule has 0 unspecified atom stereocenters. The fraction of sp³-hybridized carbons (Fsp3) is 0. The average Bonchev–Trinajstić information content (AvgIpc) is 3.02. The van der Waals surface area contributed by atoms with Crippen molar-refractivity contribution in [3.05, 3.63) is 59.5 Å². The van der Waals surface area contributed by atoms with Crippen molar-refractivity contribution >= 4 is 0 Å². The van der Waals surface area contributed by atoms with E-state index in [0.29, 0.717) is 5.95 Å². The van der Waals surface area contributed by atoms with Gasteiger partial charge in [-0.3, -0.25) is 4.79 Å². The van der Waals surface area contributed by atoms with Crippen LogP contribution in [0.25, 0.3) is 5.95 Å². The summed E-state index contributed by atoms with van der Waals surface area (Å²) in [6, 6.07) is 4.85. The van der Waals surface area contributed by atoms with Crippen LogP contribution in [0.4, 0.5) is 0 Å². The van der Waals surface area contributed by atoms with Crippen LogP contribution in [0.15, 0.2) is 54.0 Å². The van der Waals surface area contributed by atoms with Gasteiger partial charge in [-0.05, 0) is 12.1 Å². The van der Waals surface area contributed by atoms with Crippen LogP contribution in [0.5, 0.6) is 0 Å². The topological polar surface area (TPSA) is 70.5 Å². The number of rotatable bonds is 2. The molecule has 0 saturated heterocycles. The molecule has 0 bridgehead atoms. The van der Waals surface area contributed by atoms with Gasteiger partial charge in [0.2, 0.25) is 0 Å². The van der Waals surface area contributed by atoms with Crippen LogP contribution in [-0.2, 0) is 0 Å². The lowest BCUT2D eigenvalue weighted by Gasteiger charge is -2.09. The Balaban J connectivity index is 2.30. The first-order valence-electron chi connectivity index (χ1n) is 4.94. The lowest BCUT2D eigenvalue weighted by molar-refractivity contribution is 0.518. The zero-order chi connectivity index (χ0) is 11.7. The summed E-state index contributed by atoms with van der Waals surface area (Å²) in [4.78, 5) is 17.4. The van der Waals surface area contributed by atoms with Crippen LogP contribution in [0, 0.1) is 0 Å². The molecule has 0 spiro atoms. The summed E-state index contributed by atoms with van der Waals surface area (Å²) in [6.07, 6.45) is 8.02. The Kier molecular flexibility index (Phi) is 2.08. The van der Waals surface area contributed by atoms with Crippen molar-refractivity contribution in [2.75, 3.05) is 0 Å². The van der Waals surface area contributed by atoms with Crippen molar-refractivity contribution in [3.8, 4) is 5.95 Å². The smallest absolute Gasteiger partial charge is 0.267 e. The summed E-state index contributed by atoms with van der Waals surface area (Å²) in [6.45, 7) is 0. The second kappa shape index (κ2) is 3.71. The maximum absolute atomic E-state index is 11.9. The summed E-state index contributed by atoms with van der Waals surface area (Å²) >= 11 is 0. The van der Waals surface area contributed by atoms with E-state index in [9.17, 15) is 4.79 Å². The van der Waals surface area contributed by atoms with Gasteiger partial charge in [0.1, 0.15) is 0 Å². The van der Waals surface area contributed by atoms with Crippen molar-refractivity contribution in [2.45, 2.75) is 0 Å². The predicted molar refractivity (Wildman–Crippen MR) is 58.6 cm³/mol. The fourth-order valence-corrected chi connectivity index (χ4v) is 1.51. The predicted octanol–water partition coefficient (Wildman–Crippen LogP) is -0.0631. The maximum Gasteiger partial charge on any atom is 0.275 e. The van der Waals surface area contributed by atoms with Gasteiger partial charge in [-0.1, -0.05) is 0 Å². The number of nitrogens with zero attached hydrogens (tertiary/aromatic N) is 6. The molecule has 7 heteroatoms. The molecule has 0 N–H and O–H groups in total. The molecule has 0 aliphatic rings. The normalized spacial score (nSPS) is 10.6. The van der Waals surface area contributed by atoms with Crippen molar-refractivity contribution in [2.24, 2.45) is 0 Å². The Morgan fingerprint density at radius 1 is 1.00 bits per heavy atom. The molecule has 0 aliphatic heterocycles. The highest BCUT2D eigenvalue weighted by Gasteiger charge is 2.08. The van der Waals surface area contributed by atoms with Gasteiger partial charge >= 0.3 is 0 Å². The second-order valence-corrected chi connectivity index (χ2v) is 3.27. The highest BCUT2D eigenvalue weighted by atomic mass is 16.1. The number of aromatic nitrogens is 6. The van der Waals surface area contributed by atoms with E-state index in [4.69, 9.17) is 0 Å². The second-order valence-electron chi connectivity index (χ2n) is 3.27. The Morgan fingerprint density at radius 2 is 1.82 bits per heavy atom. The summed E-state index contributed by atoms with van der Waals surface area (Å²) in [5.41, 5.74) is -0.228. The quantitative estimate of drug-likeness (QED) is 0.616. The molecule has 17 heavy (non-hydrogen) atoms. The standard InChI is InChI=1S/C10H8N6O/c17-9-3-6-11-10(14-7-1-4-12-14)16(9)15-8-2-5-13-15/h1-8H. The molecule has 0 fully saturated rings. The minimum atomic E-state index is -0.228. The molecule has 0 aliphatic carbocycles. The van der Waals surface area contributed by atoms with Gasteiger partial charge in [0.05, 0.1) is 6.20 Å². The van der Waals surface area contributed by atoms with Crippen molar-refractivity contribution in [1.29, 1.82) is 0 Å². The summed E-state index contributed by atoms with van der Waals surface area (Å²) < 4.78 is 2.83. The molecule has 0 radical (unpaired) electrons. The van der Waals surface area contributed by atoms with Crippen LogP contribution in [0.1, 0.15) is 0 Å². The molecule has 3 aromatic heterocycles. The zero-order valence-electron chi connectivity index (χ0n) is 8.71. The molecular weight excluding hydrogens is 220 g/mol. The maximum atomic E-state index is 11.9. The van der Waals surface area contributed by atoms with Crippen LogP contribution < -0.4 is 5.56 Å². The van der Waals surface area contributed by atoms with E-state index in [-0.39, 0.29) is 5.56 Å². The first-order chi connectivity index (χ1) is 8.36. The Bertz CT molecular complexity index is 667. The van der Waals surface area contributed by atoms with Gasteiger partial charge in [0.25, 0.3) is 11.5 Å². The molecular formula is C10H8N6O. The lowest BCUT2D eigenvalue weighted by Crippen LogP contribution is -2.30. The summed E-state index contributed by atoms with van der Waals surface area (Å²) in [5.74, 6) is 0.381. The molecule has 0 amide bonds. The van der Waals surface area contributed by atoms with Crippen molar-refractivity contribution in [1.82, 2.24) is 29.3 Å². The van der Waals surface area contributed by atoms with Crippen LogP contribution in [-0.4, -0.2) is 29.3 Å². The monoisotopic (exact) mass is 228 g/mol. The van der Waals surface area contributed by atoms with Gasteiger partial charge in [0.15, 0.2) is 0 Å². The van der Waals surface area contributed by atoms with Crippen LogP contribution in [0.2, 0.25) is 0 Å². The van der Waals surface area contributed by atoms with Gasteiger partial charge < -0.3 is 0 Å². The van der Waals surface area contributed by atoms with E-state index in [0.717, 1.165) is 0 Å². The van der Waals surface area contributed by atoms with Crippen LogP contribution in [0.3, 0.4) is 0 Å².